The summed E-state index contributed by atoms with van der Waals surface area (Å²) in [4.78, 5) is 15.8. The summed E-state index contributed by atoms with van der Waals surface area (Å²) in [5, 5.41) is 3.85. The van der Waals surface area contributed by atoms with E-state index < -0.39 is 0 Å². The lowest BCUT2D eigenvalue weighted by molar-refractivity contribution is 0.374. The molecule has 0 N–H and O–H groups in total. The molecule has 17 heavy (non-hydrogen) atoms. The van der Waals surface area contributed by atoms with Crippen LogP contribution in [-0.2, 0) is 6.54 Å². The Balaban J connectivity index is 1.91. The van der Waals surface area contributed by atoms with E-state index in [-0.39, 0.29) is 5.76 Å². The molecule has 5 nitrogen and oxygen atoms in total. The molecule has 0 radical (unpaired) electrons. The molecule has 1 saturated carbocycles. The van der Waals surface area contributed by atoms with E-state index in [1.54, 1.807) is 10.8 Å². The second-order valence-corrected chi connectivity index (χ2v) is 4.47. The zero-order valence-corrected chi connectivity index (χ0v) is 9.59. The second-order valence-electron chi connectivity index (χ2n) is 4.47. The number of hydrogen-bond donors (Lipinski definition) is 0. The Morgan fingerprint density at radius 2 is 2.29 bits per heavy atom. The Bertz CT molecular complexity index is 579. The molecule has 0 aromatic carbocycles. The average molecular weight is 231 g/mol. The summed E-state index contributed by atoms with van der Waals surface area (Å²) in [6.07, 6.45) is 3.97. The molecule has 5 heteroatoms. The highest BCUT2D eigenvalue weighted by atomic mass is 16.5. The summed E-state index contributed by atoms with van der Waals surface area (Å²) in [5.74, 6) is 0.794. The van der Waals surface area contributed by atoms with Crippen LogP contribution in [0, 0.1) is 6.92 Å². The molecule has 0 bridgehead atoms. The van der Waals surface area contributed by atoms with Crippen molar-refractivity contribution in [1.82, 2.24) is 14.7 Å². The molecule has 0 unspecified atom stereocenters. The van der Waals surface area contributed by atoms with Gasteiger partial charge in [-0.05, 0) is 31.4 Å². The highest BCUT2D eigenvalue weighted by Gasteiger charge is 2.30. The van der Waals surface area contributed by atoms with Gasteiger partial charge >= 0.3 is 5.76 Å². The van der Waals surface area contributed by atoms with Gasteiger partial charge < -0.3 is 0 Å². The van der Waals surface area contributed by atoms with Crippen molar-refractivity contribution >= 4 is 0 Å². The lowest BCUT2D eigenvalue weighted by Crippen LogP contribution is -2.17. The van der Waals surface area contributed by atoms with Gasteiger partial charge in [0.15, 0.2) is 5.82 Å². The molecule has 0 atom stereocenters. The van der Waals surface area contributed by atoms with Crippen molar-refractivity contribution in [1.29, 1.82) is 0 Å². The van der Waals surface area contributed by atoms with Crippen molar-refractivity contribution in [2.75, 3.05) is 0 Å². The minimum atomic E-state index is -0.382. The van der Waals surface area contributed by atoms with Gasteiger partial charge in [-0.25, -0.2) is 4.79 Å². The molecule has 1 aliphatic rings. The topological polar surface area (TPSA) is 60.9 Å². The molecule has 2 aromatic heterocycles. The minimum absolute atomic E-state index is 0.382. The lowest BCUT2D eigenvalue weighted by Gasteiger charge is -2.03. The Morgan fingerprint density at radius 3 is 2.94 bits per heavy atom. The van der Waals surface area contributed by atoms with Crippen molar-refractivity contribution < 1.29 is 4.52 Å². The smallest absolute Gasteiger partial charge is 0.296 e. The van der Waals surface area contributed by atoms with E-state index in [9.17, 15) is 4.79 Å². The van der Waals surface area contributed by atoms with Gasteiger partial charge in [0, 0.05) is 17.8 Å². The van der Waals surface area contributed by atoms with Gasteiger partial charge in [0.05, 0.1) is 6.54 Å². The summed E-state index contributed by atoms with van der Waals surface area (Å²) in [5.41, 5.74) is 1.96. The fraction of sp³-hybridized carbons (Fsp3) is 0.417. The van der Waals surface area contributed by atoms with Crippen molar-refractivity contribution in [3.63, 3.8) is 0 Å². The molecule has 2 heterocycles. The van der Waals surface area contributed by atoms with E-state index in [2.05, 4.69) is 10.1 Å². The van der Waals surface area contributed by atoms with Crippen LogP contribution >= 0.6 is 0 Å². The predicted molar refractivity (Wildman–Crippen MR) is 60.8 cm³/mol. The number of pyridine rings is 1. The second kappa shape index (κ2) is 3.84. The van der Waals surface area contributed by atoms with Gasteiger partial charge in [-0.1, -0.05) is 11.2 Å². The maximum absolute atomic E-state index is 11.6. The van der Waals surface area contributed by atoms with Crippen LogP contribution in [0.3, 0.4) is 0 Å². The minimum Gasteiger partial charge on any atom is -0.296 e. The van der Waals surface area contributed by atoms with Gasteiger partial charge in [-0.3, -0.25) is 14.1 Å². The van der Waals surface area contributed by atoms with E-state index in [0.717, 1.165) is 29.9 Å². The molecule has 1 aliphatic carbocycles. The van der Waals surface area contributed by atoms with Gasteiger partial charge in [-0.2, -0.15) is 0 Å². The SMILES string of the molecule is Cc1ccc(Cn2c(C3CC3)noc2=O)cn1. The quantitative estimate of drug-likeness (QED) is 0.802. The number of hydrogen-bond acceptors (Lipinski definition) is 4. The van der Waals surface area contributed by atoms with Crippen LogP contribution < -0.4 is 5.76 Å². The zero-order chi connectivity index (χ0) is 11.8. The average Bonchev–Trinajstić information content (AvgIpc) is 3.10. The van der Waals surface area contributed by atoms with E-state index in [0.29, 0.717) is 12.5 Å². The molecule has 0 saturated heterocycles. The van der Waals surface area contributed by atoms with Crippen molar-refractivity contribution in [2.45, 2.75) is 32.2 Å². The zero-order valence-electron chi connectivity index (χ0n) is 9.59. The van der Waals surface area contributed by atoms with Crippen molar-refractivity contribution in [2.24, 2.45) is 0 Å². The molecule has 0 spiro atoms. The van der Waals surface area contributed by atoms with Crippen molar-refractivity contribution in [3.8, 4) is 0 Å². The normalized spacial score (nSPS) is 15.1. The molecule has 0 aliphatic heterocycles. The van der Waals surface area contributed by atoms with Crippen LogP contribution in [0.2, 0.25) is 0 Å². The first-order chi connectivity index (χ1) is 8.24. The Labute approximate surface area is 98.1 Å². The Morgan fingerprint density at radius 1 is 1.47 bits per heavy atom. The third kappa shape index (κ3) is 2.00. The van der Waals surface area contributed by atoms with E-state index >= 15 is 0 Å². The summed E-state index contributed by atoms with van der Waals surface area (Å²) >= 11 is 0. The van der Waals surface area contributed by atoms with Crippen LogP contribution in [0.5, 0.6) is 0 Å². The summed E-state index contributed by atoms with van der Waals surface area (Å²) in [7, 11) is 0. The highest BCUT2D eigenvalue weighted by molar-refractivity contribution is 5.15. The first-order valence-electron chi connectivity index (χ1n) is 5.72. The largest absolute Gasteiger partial charge is 0.441 e. The Kier molecular flexibility index (Phi) is 2.31. The number of nitrogens with zero attached hydrogens (tertiary/aromatic N) is 3. The maximum Gasteiger partial charge on any atom is 0.441 e. The van der Waals surface area contributed by atoms with Gasteiger partial charge in [0.2, 0.25) is 0 Å². The third-order valence-electron chi connectivity index (χ3n) is 2.97. The Hall–Kier alpha value is -1.91. The molecule has 0 amide bonds. The fourth-order valence-electron chi connectivity index (χ4n) is 1.83. The van der Waals surface area contributed by atoms with E-state index in [1.165, 1.54) is 0 Å². The van der Waals surface area contributed by atoms with Crippen LogP contribution in [0.1, 0.15) is 35.8 Å². The standard InChI is InChI=1S/C12H13N3O2/c1-8-2-3-9(6-13-8)7-15-11(10-4-5-10)14-17-12(15)16/h2-3,6,10H,4-5,7H2,1H3. The van der Waals surface area contributed by atoms with Crippen molar-refractivity contribution in [3.05, 3.63) is 46.0 Å². The molecular weight excluding hydrogens is 218 g/mol. The monoisotopic (exact) mass is 231 g/mol. The van der Waals surface area contributed by atoms with E-state index in [4.69, 9.17) is 4.52 Å². The number of rotatable bonds is 3. The number of aromatic nitrogens is 3. The fourth-order valence-corrected chi connectivity index (χ4v) is 1.83. The molecule has 3 rings (SSSR count). The molecule has 1 fully saturated rings. The predicted octanol–water partition coefficient (Wildman–Crippen LogP) is 1.47. The first-order valence-corrected chi connectivity index (χ1v) is 5.72. The van der Waals surface area contributed by atoms with Crippen LogP contribution in [0.15, 0.2) is 27.6 Å². The molecular formula is C12H13N3O2. The highest BCUT2D eigenvalue weighted by Crippen LogP contribution is 2.38. The first kappa shape index (κ1) is 10.3. The third-order valence-corrected chi connectivity index (χ3v) is 2.97. The van der Waals surface area contributed by atoms with Gasteiger partial charge in [0.1, 0.15) is 0 Å². The van der Waals surface area contributed by atoms with Gasteiger partial charge in [-0.15, -0.1) is 0 Å². The van der Waals surface area contributed by atoms with E-state index in [1.807, 2.05) is 19.1 Å². The molecule has 2 aromatic rings. The number of aryl methyl sites for hydroxylation is 1. The maximum atomic E-state index is 11.6. The summed E-state index contributed by atoms with van der Waals surface area (Å²) in [6.45, 7) is 2.42. The lowest BCUT2D eigenvalue weighted by atomic mass is 10.2. The summed E-state index contributed by atoms with van der Waals surface area (Å²) in [6, 6.07) is 3.91. The van der Waals surface area contributed by atoms with Crippen LogP contribution in [0.25, 0.3) is 0 Å². The molecule has 88 valence electrons. The van der Waals surface area contributed by atoms with Crippen LogP contribution in [-0.4, -0.2) is 14.7 Å². The van der Waals surface area contributed by atoms with Crippen LogP contribution in [0.4, 0.5) is 0 Å². The summed E-state index contributed by atoms with van der Waals surface area (Å²) < 4.78 is 6.33. The van der Waals surface area contributed by atoms with Gasteiger partial charge in [0.25, 0.3) is 0 Å².